The molecule has 1 N–H and O–H groups in total. The third-order valence-corrected chi connectivity index (χ3v) is 5.75. The van der Waals surface area contributed by atoms with Crippen LogP contribution in [0.3, 0.4) is 0 Å². The van der Waals surface area contributed by atoms with E-state index in [0.29, 0.717) is 0 Å². The van der Waals surface area contributed by atoms with Gasteiger partial charge in [0.1, 0.15) is 16.3 Å². The molecule has 0 bridgehead atoms. The second-order valence-corrected chi connectivity index (χ2v) is 8.65. The zero-order valence-corrected chi connectivity index (χ0v) is 15.9. The standard InChI is InChI=1S/C19H22N2O5S/c1-27(24,25)18-12-6-10-16(19(18)21(22)23)20-13-14-7-2-5-11-17(14)26-15-8-3-4-9-15/h2,5-7,10-12,15,20H,3-4,8-9,13H2,1H3. The number of nitrogens with zero attached hydrogens (tertiary/aromatic N) is 1. The minimum atomic E-state index is -3.71. The molecule has 3 rings (SSSR count). The molecule has 0 aromatic heterocycles. The van der Waals surface area contributed by atoms with Crippen molar-refractivity contribution in [2.75, 3.05) is 11.6 Å². The maximum absolute atomic E-state index is 11.9. The number of benzene rings is 2. The highest BCUT2D eigenvalue weighted by atomic mass is 32.2. The van der Waals surface area contributed by atoms with E-state index in [2.05, 4.69) is 5.32 Å². The van der Waals surface area contributed by atoms with Crippen molar-refractivity contribution in [2.45, 2.75) is 43.2 Å². The predicted molar refractivity (Wildman–Crippen MR) is 103 cm³/mol. The lowest BCUT2D eigenvalue weighted by Gasteiger charge is -2.17. The Kier molecular flexibility index (Phi) is 5.65. The van der Waals surface area contributed by atoms with Gasteiger partial charge in [-0.3, -0.25) is 10.1 Å². The van der Waals surface area contributed by atoms with Crippen molar-refractivity contribution in [3.05, 3.63) is 58.1 Å². The van der Waals surface area contributed by atoms with Crippen LogP contribution in [-0.2, 0) is 16.4 Å². The van der Waals surface area contributed by atoms with Gasteiger partial charge in [-0.25, -0.2) is 8.42 Å². The van der Waals surface area contributed by atoms with E-state index in [4.69, 9.17) is 4.74 Å². The molecule has 1 fully saturated rings. The quantitative estimate of drug-likeness (QED) is 0.568. The fourth-order valence-electron chi connectivity index (χ4n) is 3.29. The fraction of sp³-hybridized carbons (Fsp3) is 0.368. The largest absolute Gasteiger partial charge is 0.490 e. The molecule has 0 heterocycles. The topological polar surface area (TPSA) is 98.5 Å². The Morgan fingerprint density at radius 3 is 2.52 bits per heavy atom. The summed E-state index contributed by atoms with van der Waals surface area (Å²) in [6.45, 7) is 0.289. The Labute approximate surface area is 158 Å². The summed E-state index contributed by atoms with van der Waals surface area (Å²) in [6.07, 6.45) is 5.55. The van der Waals surface area contributed by atoms with Gasteiger partial charge in [-0.2, -0.15) is 0 Å². The zero-order chi connectivity index (χ0) is 19.4. The smallest absolute Gasteiger partial charge is 0.310 e. The average molecular weight is 390 g/mol. The molecule has 7 nitrogen and oxygen atoms in total. The van der Waals surface area contributed by atoms with Gasteiger partial charge in [-0.1, -0.05) is 24.3 Å². The number of sulfone groups is 1. The molecule has 2 aromatic carbocycles. The van der Waals surface area contributed by atoms with Crippen LogP contribution in [0.5, 0.6) is 5.75 Å². The van der Waals surface area contributed by atoms with E-state index < -0.39 is 20.4 Å². The molecule has 0 spiro atoms. The number of para-hydroxylation sites is 2. The number of ether oxygens (including phenoxy) is 1. The van der Waals surface area contributed by atoms with Gasteiger partial charge in [0.15, 0.2) is 9.84 Å². The van der Waals surface area contributed by atoms with E-state index in [1.54, 1.807) is 0 Å². The van der Waals surface area contributed by atoms with Crippen LogP contribution in [0.25, 0.3) is 0 Å². The van der Waals surface area contributed by atoms with Gasteiger partial charge < -0.3 is 10.1 Å². The SMILES string of the molecule is CS(=O)(=O)c1cccc(NCc2ccccc2OC2CCCC2)c1[N+](=O)[O-]. The number of hydrogen-bond donors (Lipinski definition) is 1. The van der Waals surface area contributed by atoms with Gasteiger partial charge in [-0.05, 0) is 43.9 Å². The van der Waals surface area contributed by atoms with Crippen LogP contribution in [-0.4, -0.2) is 25.7 Å². The van der Waals surface area contributed by atoms with Crippen molar-refractivity contribution in [1.82, 2.24) is 0 Å². The lowest BCUT2D eigenvalue weighted by atomic mass is 10.2. The summed E-state index contributed by atoms with van der Waals surface area (Å²) in [6, 6.07) is 11.8. The van der Waals surface area contributed by atoms with Gasteiger partial charge in [0.2, 0.25) is 0 Å². The molecule has 27 heavy (non-hydrogen) atoms. The van der Waals surface area contributed by atoms with Crippen molar-refractivity contribution in [3.63, 3.8) is 0 Å². The molecular formula is C19H22N2O5S. The molecule has 144 valence electrons. The predicted octanol–water partition coefficient (Wildman–Crippen LogP) is 3.93. The number of nitrogens with one attached hydrogen (secondary N) is 1. The highest BCUT2D eigenvalue weighted by Gasteiger charge is 2.26. The summed E-state index contributed by atoms with van der Waals surface area (Å²) in [7, 11) is -3.71. The summed E-state index contributed by atoms with van der Waals surface area (Å²) in [5, 5.41) is 14.5. The van der Waals surface area contributed by atoms with Crippen LogP contribution in [0.15, 0.2) is 47.4 Å². The molecule has 1 aliphatic carbocycles. The molecule has 1 saturated carbocycles. The maximum Gasteiger partial charge on any atom is 0.310 e. The summed E-state index contributed by atoms with van der Waals surface area (Å²) in [5.41, 5.74) is 0.594. The Morgan fingerprint density at radius 2 is 1.85 bits per heavy atom. The van der Waals surface area contributed by atoms with Gasteiger partial charge in [0.05, 0.1) is 11.0 Å². The minimum absolute atomic E-state index is 0.165. The summed E-state index contributed by atoms with van der Waals surface area (Å²) in [5.74, 6) is 0.749. The van der Waals surface area contributed by atoms with E-state index in [1.165, 1.54) is 18.2 Å². The monoisotopic (exact) mass is 390 g/mol. The first kappa shape index (κ1) is 19.2. The van der Waals surface area contributed by atoms with E-state index in [1.807, 2.05) is 24.3 Å². The Balaban J connectivity index is 1.84. The van der Waals surface area contributed by atoms with Crippen molar-refractivity contribution >= 4 is 21.2 Å². The Morgan fingerprint density at radius 1 is 1.15 bits per heavy atom. The van der Waals surface area contributed by atoms with Gasteiger partial charge in [0, 0.05) is 18.4 Å². The van der Waals surface area contributed by atoms with E-state index in [-0.39, 0.29) is 23.2 Å². The lowest BCUT2D eigenvalue weighted by Crippen LogP contribution is -2.13. The summed E-state index contributed by atoms with van der Waals surface area (Å²) in [4.78, 5) is 10.5. The highest BCUT2D eigenvalue weighted by molar-refractivity contribution is 7.90. The first-order chi connectivity index (χ1) is 12.9. The second-order valence-electron chi connectivity index (χ2n) is 6.67. The molecule has 8 heteroatoms. The molecule has 1 aliphatic rings. The number of nitro groups is 1. The molecule has 0 unspecified atom stereocenters. The lowest BCUT2D eigenvalue weighted by molar-refractivity contribution is -0.386. The third-order valence-electron chi connectivity index (χ3n) is 4.62. The number of nitro benzene ring substituents is 1. The van der Waals surface area contributed by atoms with E-state index in [0.717, 1.165) is 43.3 Å². The molecule has 2 aromatic rings. The van der Waals surface area contributed by atoms with Crippen molar-refractivity contribution < 1.29 is 18.1 Å². The normalized spacial score (nSPS) is 14.9. The second kappa shape index (κ2) is 7.96. The van der Waals surface area contributed by atoms with Crippen molar-refractivity contribution in [2.24, 2.45) is 0 Å². The Bertz CT molecular complexity index is 937. The molecule has 0 amide bonds. The summed E-state index contributed by atoms with van der Waals surface area (Å²) >= 11 is 0. The van der Waals surface area contributed by atoms with Crippen LogP contribution >= 0.6 is 0 Å². The van der Waals surface area contributed by atoms with Crippen LogP contribution in [0.2, 0.25) is 0 Å². The number of rotatable bonds is 7. The zero-order valence-electron chi connectivity index (χ0n) is 15.1. The van der Waals surface area contributed by atoms with Crippen LogP contribution in [0.4, 0.5) is 11.4 Å². The van der Waals surface area contributed by atoms with Crippen molar-refractivity contribution in [3.8, 4) is 5.75 Å². The fourth-order valence-corrected chi connectivity index (χ4v) is 4.16. The first-order valence-electron chi connectivity index (χ1n) is 8.82. The number of hydrogen-bond acceptors (Lipinski definition) is 6. The highest BCUT2D eigenvalue weighted by Crippen LogP contribution is 2.33. The molecule has 0 radical (unpaired) electrons. The van der Waals surface area contributed by atoms with Gasteiger partial charge in [-0.15, -0.1) is 0 Å². The van der Waals surface area contributed by atoms with Crippen LogP contribution in [0.1, 0.15) is 31.2 Å². The first-order valence-corrected chi connectivity index (χ1v) is 10.7. The molecule has 0 saturated heterocycles. The summed E-state index contributed by atoms with van der Waals surface area (Å²) < 4.78 is 29.8. The van der Waals surface area contributed by atoms with Crippen molar-refractivity contribution in [1.29, 1.82) is 0 Å². The number of anilines is 1. The van der Waals surface area contributed by atoms with Gasteiger partial charge in [0.25, 0.3) is 0 Å². The van der Waals surface area contributed by atoms with E-state index >= 15 is 0 Å². The minimum Gasteiger partial charge on any atom is -0.490 e. The van der Waals surface area contributed by atoms with Crippen LogP contribution in [0, 0.1) is 10.1 Å². The van der Waals surface area contributed by atoms with Crippen LogP contribution < -0.4 is 10.1 Å². The third kappa shape index (κ3) is 4.57. The average Bonchev–Trinajstić information content (AvgIpc) is 3.13. The molecular weight excluding hydrogens is 368 g/mol. The molecule has 0 atom stereocenters. The Hall–Kier alpha value is -2.61. The van der Waals surface area contributed by atoms with E-state index in [9.17, 15) is 18.5 Å². The van der Waals surface area contributed by atoms with Gasteiger partial charge >= 0.3 is 5.69 Å². The maximum atomic E-state index is 11.9. The molecule has 0 aliphatic heterocycles.